The van der Waals surface area contributed by atoms with E-state index in [9.17, 15) is 13.2 Å². The summed E-state index contributed by atoms with van der Waals surface area (Å²) in [5, 5.41) is 2.38. The summed E-state index contributed by atoms with van der Waals surface area (Å²) in [5.41, 5.74) is 7.34. The fourth-order valence-corrected chi connectivity index (χ4v) is 5.09. The molecule has 2 aromatic heterocycles. The lowest BCUT2D eigenvalue weighted by molar-refractivity contribution is -0.137. The van der Waals surface area contributed by atoms with Gasteiger partial charge < -0.3 is 9.97 Å². The quantitative estimate of drug-likeness (QED) is 0.255. The molecule has 0 saturated heterocycles. The number of para-hydroxylation sites is 2. The van der Waals surface area contributed by atoms with Gasteiger partial charge in [-0.05, 0) is 73.1 Å². The standard InChI is InChI=1S/C29H27F3N2/c1-18-6-3-10-24-21(16-33-27(18)24)8-5-9-23(20-12-14-22(15-13-20)29(30,31)32)26-17-34-28-19(2)7-4-11-25(26)28/h3-4,6-7,10-17,23,33-34H,5,8-9H2,1-2H3. The van der Waals surface area contributed by atoms with E-state index < -0.39 is 11.7 Å². The molecule has 1 atom stereocenters. The topological polar surface area (TPSA) is 31.6 Å². The minimum atomic E-state index is -4.33. The number of aromatic amines is 2. The van der Waals surface area contributed by atoms with Crippen LogP contribution in [0.25, 0.3) is 21.8 Å². The Bertz CT molecular complexity index is 1440. The second-order valence-electron chi connectivity index (χ2n) is 9.12. The molecule has 5 aromatic rings. The van der Waals surface area contributed by atoms with Gasteiger partial charge in [-0.1, -0.05) is 48.5 Å². The molecule has 0 saturated carbocycles. The van der Waals surface area contributed by atoms with Crippen LogP contribution in [0, 0.1) is 13.8 Å². The summed E-state index contributed by atoms with van der Waals surface area (Å²) in [7, 11) is 0. The van der Waals surface area contributed by atoms with Gasteiger partial charge in [0.05, 0.1) is 5.56 Å². The number of hydrogen-bond acceptors (Lipinski definition) is 0. The van der Waals surface area contributed by atoms with E-state index >= 15 is 0 Å². The smallest absolute Gasteiger partial charge is 0.361 e. The van der Waals surface area contributed by atoms with Gasteiger partial charge in [0.1, 0.15) is 0 Å². The van der Waals surface area contributed by atoms with Gasteiger partial charge in [-0.3, -0.25) is 0 Å². The average Bonchev–Trinajstić information content (AvgIpc) is 3.43. The molecular formula is C29H27F3N2. The molecule has 0 fully saturated rings. The van der Waals surface area contributed by atoms with E-state index in [2.05, 4.69) is 60.3 Å². The van der Waals surface area contributed by atoms with Gasteiger partial charge in [0.15, 0.2) is 0 Å². The van der Waals surface area contributed by atoms with Crippen LogP contribution < -0.4 is 0 Å². The van der Waals surface area contributed by atoms with Crippen molar-refractivity contribution in [3.05, 3.63) is 106 Å². The zero-order chi connectivity index (χ0) is 23.9. The number of aromatic nitrogens is 2. The third-order valence-electron chi connectivity index (χ3n) is 6.92. The molecule has 2 nitrogen and oxygen atoms in total. The van der Waals surface area contributed by atoms with Crippen LogP contribution in [0.3, 0.4) is 0 Å². The molecule has 0 aliphatic rings. The van der Waals surface area contributed by atoms with Crippen molar-refractivity contribution in [3.63, 3.8) is 0 Å². The Morgan fingerprint density at radius 3 is 2.06 bits per heavy atom. The minimum absolute atomic E-state index is 0.00442. The molecule has 3 aromatic carbocycles. The SMILES string of the molecule is Cc1cccc2c(CCCC(c3ccc(C(F)(F)F)cc3)c3c[nH]c4c(C)cccc34)c[nH]c12. The molecular weight excluding hydrogens is 433 g/mol. The lowest BCUT2D eigenvalue weighted by Gasteiger charge is -2.18. The highest BCUT2D eigenvalue weighted by molar-refractivity contribution is 5.87. The number of aryl methyl sites for hydroxylation is 3. The molecule has 0 radical (unpaired) electrons. The van der Waals surface area contributed by atoms with E-state index in [-0.39, 0.29) is 5.92 Å². The zero-order valence-corrected chi connectivity index (χ0v) is 19.3. The van der Waals surface area contributed by atoms with Crippen LogP contribution in [-0.2, 0) is 12.6 Å². The summed E-state index contributed by atoms with van der Waals surface area (Å²) < 4.78 is 39.5. The summed E-state index contributed by atoms with van der Waals surface area (Å²) in [5.74, 6) is 0.00442. The van der Waals surface area contributed by atoms with Crippen molar-refractivity contribution in [2.75, 3.05) is 0 Å². The maximum Gasteiger partial charge on any atom is 0.416 e. The highest BCUT2D eigenvalue weighted by Crippen LogP contribution is 2.37. The van der Waals surface area contributed by atoms with Gasteiger partial charge >= 0.3 is 6.18 Å². The molecule has 0 amide bonds. The van der Waals surface area contributed by atoms with Crippen LogP contribution in [0.4, 0.5) is 13.2 Å². The molecule has 174 valence electrons. The molecule has 2 heterocycles. The Balaban J connectivity index is 1.46. The van der Waals surface area contributed by atoms with Crippen LogP contribution >= 0.6 is 0 Å². The fourth-order valence-electron chi connectivity index (χ4n) is 5.09. The van der Waals surface area contributed by atoms with Gasteiger partial charge in [0, 0.05) is 40.1 Å². The number of benzene rings is 3. The van der Waals surface area contributed by atoms with Crippen LogP contribution in [0.2, 0.25) is 0 Å². The van der Waals surface area contributed by atoms with Crippen molar-refractivity contribution in [2.45, 2.75) is 45.2 Å². The number of rotatable bonds is 6. The van der Waals surface area contributed by atoms with Crippen molar-refractivity contribution >= 4 is 21.8 Å². The van der Waals surface area contributed by atoms with E-state index in [1.165, 1.54) is 34.2 Å². The van der Waals surface area contributed by atoms with Crippen LogP contribution in [0.5, 0.6) is 0 Å². The Kier molecular flexibility index (Phi) is 5.72. The van der Waals surface area contributed by atoms with E-state index in [0.717, 1.165) is 46.9 Å². The molecule has 0 spiro atoms. The number of H-pyrrole nitrogens is 2. The highest BCUT2D eigenvalue weighted by Gasteiger charge is 2.30. The third-order valence-corrected chi connectivity index (χ3v) is 6.92. The maximum atomic E-state index is 13.2. The van der Waals surface area contributed by atoms with E-state index in [1.807, 2.05) is 12.3 Å². The molecule has 2 N–H and O–H groups in total. The van der Waals surface area contributed by atoms with Gasteiger partial charge in [-0.15, -0.1) is 0 Å². The van der Waals surface area contributed by atoms with Crippen LogP contribution in [0.15, 0.2) is 73.1 Å². The van der Waals surface area contributed by atoms with Crippen LogP contribution in [-0.4, -0.2) is 9.97 Å². The Morgan fingerprint density at radius 1 is 0.765 bits per heavy atom. The Labute approximate surface area is 196 Å². The van der Waals surface area contributed by atoms with E-state index in [1.54, 1.807) is 12.1 Å². The summed E-state index contributed by atoms with van der Waals surface area (Å²) in [6, 6.07) is 18.2. The first-order valence-electron chi connectivity index (χ1n) is 11.6. The Hall–Kier alpha value is -3.47. The number of hydrogen-bond donors (Lipinski definition) is 2. The maximum absolute atomic E-state index is 13.2. The van der Waals surface area contributed by atoms with E-state index in [4.69, 9.17) is 0 Å². The third kappa shape index (κ3) is 4.11. The van der Waals surface area contributed by atoms with Crippen LogP contribution in [0.1, 0.15) is 52.1 Å². The predicted octanol–water partition coefficient (Wildman–Crippen LogP) is 8.44. The number of halogens is 3. The lowest BCUT2D eigenvalue weighted by atomic mass is 9.85. The second-order valence-corrected chi connectivity index (χ2v) is 9.12. The lowest BCUT2D eigenvalue weighted by Crippen LogP contribution is -2.06. The number of alkyl halides is 3. The van der Waals surface area contributed by atoms with E-state index in [0.29, 0.717) is 0 Å². The largest absolute Gasteiger partial charge is 0.416 e. The zero-order valence-electron chi connectivity index (χ0n) is 19.3. The molecule has 5 rings (SSSR count). The predicted molar refractivity (Wildman–Crippen MR) is 132 cm³/mol. The number of fused-ring (bicyclic) bond motifs is 2. The first-order valence-corrected chi connectivity index (χ1v) is 11.6. The molecule has 5 heteroatoms. The van der Waals surface area contributed by atoms with Crippen molar-refractivity contribution in [2.24, 2.45) is 0 Å². The average molecular weight is 461 g/mol. The monoisotopic (exact) mass is 460 g/mol. The van der Waals surface area contributed by atoms with Crippen molar-refractivity contribution < 1.29 is 13.2 Å². The van der Waals surface area contributed by atoms with Crippen molar-refractivity contribution in [3.8, 4) is 0 Å². The summed E-state index contributed by atoms with van der Waals surface area (Å²) >= 11 is 0. The first kappa shape index (κ1) is 22.3. The number of nitrogens with one attached hydrogen (secondary N) is 2. The van der Waals surface area contributed by atoms with Crippen molar-refractivity contribution in [1.29, 1.82) is 0 Å². The highest BCUT2D eigenvalue weighted by atomic mass is 19.4. The molecule has 0 aliphatic carbocycles. The molecule has 0 aliphatic heterocycles. The molecule has 0 bridgehead atoms. The second kappa shape index (κ2) is 8.71. The summed E-state index contributed by atoms with van der Waals surface area (Å²) in [6.45, 7) is 4.16. The van der Waals surface area contributed by atoms with Gasteiger partial charge in [0.2, 0.25) is 0 Å². The van der Waals surface area contributed by atoms with Gasteiger partial charge in [0.25, 0.3) is 0 Å². The minimum Gasteiger partial charge on any atom is -0.361 e. The van der Waals surface area contributed by atoms with Gasteiger partial charge in [-0.2, -0.15) is 13.2 Å². The fraction of sp³-hybridized carbons (Fsp3) is 0.241. The first-order chi connectivity index (χ1) is 16.3. The summed E-state index contributed by atoms with van der Waals surface area (Å²) in [6.07, 6.45) is 2.44. The molecule has 34 heavy (non-hydrogen) atoms. The Morgan fingerprint density at radius 2 is 1.38 bits per heavy atom. The molecule has 1 unspecified atom stereocenters. The van der Waals surface area contributed by atoms with Crippen molar-refractivity contribution in [1.82, 2.24) is 9.97 Å². The van der Waals surface area contributed by atoms with Gasteiger partial charge in [-0.25, -0.2) is 0 Å². The summed E-state index contributed by atoms with van der Waals surface area (Å²) in [4.78, 5) is 6.78. The normalized spacial score (nSPS) is 13.1.